The summed E-state index contributed by atoms with van der Waals surface area (Å²) in [7, 11) is -0.0642. The number of hydrogen-bond acceptors (Lipinski definition) is 6. The summed E-state index contributed by atoms with van der Waals surface area (Å²) < 4.78 is 35.2. The third kappa shape index (κ3) is 5.41. The number of rotatable bonds is 9. The Kier molecular flexibility index (Phi) is 7.70. The Morgan fingerprint density at radius 2 is 1.95 bits per heavy atom. The first-order valence-electron chi connectivity index (χ1n) is 13.8. The fraction of sp³-hybridized carbons (Fsp3) is 0.552. The number of carboxylic acids is 1. The van der Waals surface area contributed by atoms with Crippen molar-refractivity contribution < 1.29 is 23.1 Å². The Balaban J connectivity index is 1.60. The van der Waals surface area contributed by atoms with E-state index in [9.17, 15) is 18.3 Å². The normalized spacial score (nSPS) is 18.9. The van der Waals surface area contributed by atoms with Crippen molar-refractivity contribution in [3.8, 4) is 5.75 Å². The molecule has 39 heavy (non-hydrogen) atoms. The van der Waals surface area contributed by atoms with Gasteiger partial charge in [0, 0.05) is 19.5 Å². The molecule has 0 aliphatic heterocycles. The fourth-order valence-corrected chi connectivity index (χ4v) is 7.97. The molecular weight excluding hydrogens is 516 g/mol. The SMILES string of the molecule is COc1cc(C(CC(=O)O)c2ccc(C)c3c2CCC3N(CC2CCCCC2)S(C)(=O)=O)cc2nnn(C)c12. The zero-order valence-electron chi connectivity index (χ0n) is 23.2. The van der Waals surface area contributed by atoms with Gasteiger partial charge in [0.15, 0.2) is 0 Å². The minimum atomic E-state index is -3.44. The van der Waals surface area contributed by atoms with Gasteiger partial charge in [-0.25, -0.2) is 13.1 Å². The van der Waals surface area contributed by atoms with Crippen molar-refractivity contribution in [2.75, 3.05) is 19.9 Å². The van der Waals surface area contributed by atoms with E-state index in [1.807, 2.05) is 31.2 Å². The number of benzene rings is 2. The molecule has 9 nitrogen and oxygen atoms in total. The summed E-state index contributed by atoms with van der Waals surface area (Å²) >= 11 is 0. The molecule has 10 heteroatoms. The van der Waals surface area contributed by atoms with Crippen LogP contribution in [0.25, 0.3) is 11.0 Å². The van der Waals surface area contributed by atoms with Crippen LogP contribution in [0.2, 0.25) is 0 Å². The minimum absolute atomic E-state index is 0.104. The zero-order chi connectivity index (χ0) is 27.9. The van der Waals surface area contributed by atoms with Crippen LogP contribution in [-0.4, -0.2) is 58.7 Å². The van der Waals surface area contributed by atoms with Crippen LogP contribution in [0.15, 0.2) is 24.3 Å². The third-order valence-corrected chi connectivity index (χ3v) is 9.87. The molecule has 2 aliphatic rings. The first-order valence-corrected chi connectivity index (χ1v) is 15.6. The number of aliphatic carboxylic acids is 1. The molecule has 2 aromatic carbocycles. The summed E-state index contributed by atoms with van der Waals surface area (Å²) in [4.78, 5) is 12.1. The summed E-state index contributed by atoms with van der Waals surface area (Å²) in [6.07, 6.45) is 8.28. The van der Waals surface area contributed by atoms with Gasteiger partial charge in [-0.1, -0.05) is 36.6 Å². The van der Waals surface area contributed by atoms with E-state index in [0.717, 1.165) is 59.0 Å². The van der Waals surface area contributed by atoms with Crippen LogP contribution in [0.4, 0.5) is 0 Å². The lowest BCUT2D eigenvalue weighted by Gasteiger charge is -2.33. The number of carbonyl (C=O) groups is 1. The maximum absolute atomic E-state index is 13.1. The number of aromatic nitrogens is 3. The first kappa shape index (κ1) is 27.6. The van der Waals surface area contributed by atoms with Gasteiger partial charge in [-0.15, -0.1) is 5.10 Å². The highest BCUT2D eigenvalue weighted by atomic mass is 32.2. The molecule has 2 atom stereocenters. The highest BCUT2D eigenvalue weighted by molar-refractivity contribution is 7.88. The van der Waals surface area contributed by atoms with Gasteiger partial charge in [-0.05, 0) is 78.5 Å². The lowest BCUT2D eigenvalue weighted by molar-refractivity contribution is -0.137. The Morgan fingerprint density at radius 3 is 2.62 bits per heavy atom. The molecule has 1 heterocycles. The molecule has 0 bridgehead atoms. The standard InChI is InChI=1S/C29H38N4O5S/c1-18-10-11-21(23(16-27(34)35)20-14-24-29(26(15-20)38-3)32(2)31-30-24)22-12-13-25(28(18)22)33(39(4,36)37)17-19-8-6-5-7-9-19/h10-11,14-15,19,23,25H,5-9,12-13,16-17H2,1-4H3,(H,34,35). The highest BCUT2D eigenvalue weighted by Crippen LogP contribution is 2.45. The largest absolute Gasteiger partial charge is 0.494 e. The zero-order valence-corrected chi connectivity index (χ0v) is 24.0. The molecule has 5 rings (SSSR count). The molecule has 0 amide bonds. The molecule has 2 aliphatic carbocycles. The molecule has 210 valence electrons. The smallest absolute Gasteiger partial charge is 0.304 e. The van der Waals surface area contributed by atoms with Gasteiger partial charge in [-0.2, -0.15) is 4.31 Å². The number of hydrogen-bond donors (Lipinski definition) is 1. The van der Waals surface area contributed by atoms with Crippen LogP contribution in [0.3, 0.4) is 0 Å². The van der Waals surface area contributed by atoms with Gasteiger partial charge < -0.3 is 9.84 Å². The molecule has 2 unspecified atom stereocenters. The van der Waals surface area contributed by atoms with Gasteiger partial charge in [0.25, 0.3) is 0 Å². The van der Waals surface area contributed by atoms with Gasteiger partial charge in [0.1, 0.15) is 16.8 Å². The van der Waals surface area contributed by atoms with Gasteiger partial charge >= 0.3 is 5.97 Å². The fourth-order valence-electron chi connectivity index (χ4n) is 6.81. The van der Waals surface area contributed by atoms with Crippen LogP contribution >= 0.6 is 0 Å². The summed E-state index contributed by atoms with van der Waals surface area (Å²) in [5, 5.41) is 18.3. The molecule has 1 fully saturated rings. The number of sulfonamides is 1. The average molecular weight is 555 g/mol. The molecule has 3 aromatic rings. The highest BCUT2D eigenvalue weighted by Gasteiger charge is 2.38. The minimum Gasteiger partial charge on any atom is -0.494 e. The van der Waals surface area contributed by atoms with Gasteiger partial charge in [0.05, 0.1) is 25.8 Å². The van der Waals surface area contributed by atoms with E-state index in [0.29, 0.717) is 36.6 Å². The summed E-state index contributed by atoms with van der Waals surface area (Å²) in [5.74, 6) is -0.382. The Bertz CT molecular complexity index is 1490. The monoisotopic (exact) mass is 554 g/mol. The second-order valence-corrected chi connectivity index (χ2v) is 13.1. The third-order valence-electron chi connectivity index (χ3n) is 8.61. The van der Waals surface area contributed by atoms with Crippen molar-refractivity contribution in [2.24, 2.45) is 13.0 Å². The quantitative estimate of drug-likeness (QED) is 0.407. The first-order chi connectivity index (χ1) is 18.6. The number of methoxy groups -OCH3 is 1. The van der Waals surface area contributed by atoms with E-state index in [4.69, 9.17) is 4.74 Å². The van der Waals surface area contributed by atoms with Gasteiger partial charge in [0.2, 0.25) is 10.0 Å². The lowest BCUT2D eigenvalue weighted by atomic mass is 9.83. The van der Waals surface area contributed by atoms with E-state index in [-0.39, 0.29) is 12.5 Å². The molecule has 0 radical (unpaired) electrons. The van der Waals surface area contributed by atoms with Crippen LogP contribution in [0, 0.1) is 12.8 Å². The predicted molar refractivity (Wildman–Crippen MR) is 150 cm³/mol. The van der Waals surface area contributed by atoms with Crippen molar-refractivity contribution in [3.63, 3.8) is 0 Å². The molecule has 1 saturated carbocycles. The van der Waals surface area contributed by atoms with Crippen molar-refractivity contribution in [1.82, 2.24) is 19.3 Å². The van der Waals surface area contributed by atoms with Crippen molar-refractivity contribution in [1.29, 1.82) is 0 Å². The van der Waals surface area contributed by atoms with Crippen LogP contribution < -0.4 is 4.74 Å². The van der Waals surface area contributed by atoms with Gasteiger partial charge in [-0.3, -0.25) is 4.79 Å². The Hall–Kier alpha value is -2.98. The molecular formula is C29H38N4O5S. The van der Waals surface area contributed by atoms with Crippen LogP contribution in [0.1, 0.15) is 84.7 Å². The lowest BCUT2D eigenvalue weighted by Crippen LogP contribution is -2.38. The molecule has 0 saturated heterocycles. The van der Waals surface area contributed by atoms with E-state index >= 15 is 0 Å². The Labute approximate surface area is 230 Å². The summed E-state index contributed by atoms with van der Waals surface area (Å²) in [6, 6.07) is 7.57. The number of fused-ring (bicyclic) bond motifs is 2. The summed E-state index contributed by atoms with van der Waals surface area (Å²) in [5.41, 5.74) is 6.26. The van der Waals surface area contributed by atoms with E-state index in [1.165, 1.54) is 12.7 Å². The number of nitrogens with zero attached hydrogens (tertiary/aromatic N) is 4. The van der Waals surface area contributed by atoms with Crippen molar-refractivity contribution in [2.45, 2.75) is 70.3 Å². The second kappa shape index (κ2) is 10.9. The van der Waals surface area contributed by atoms with E-state index < -0.39 is 21.9 Å². The van der Waals surface area contributed by atoms with E-state index in [1.54, 1.807) is 23.1 Å². The molecule has 0 spiro atoms. The van der Waals surface area contributed by atoms with Crippen LogP contribution in [-0.2, 0) is 28.3 Å². The van der Waals surface area contributed by atoms with Crippen LogP contribution in [0.5, 0.6) is 5.75 Å². The number of aryl methyl sites for hydroxylation is 2. The molecule has 1 N–H and O–H groups in total. The van der Waals surface area contributed by atoms with Crippen molar-refractivity contribution in [3.05, 3.63) is 52.1 Å². The molecule has 1 aromatic heterocycles. The number of carboxylic acid groups (broad SMARTS) is 1. The maximum Gasteiger partial charge on any atom is 0.304 e. The topological polar surface area (TPSA) is 115 Å². The average Bonchev–Trinajstić information content (AvgIpc) is 3.50. The Morgan fingerprint density at radius 1 is 1.21 bits per heavy atom. The predicted octanol–water partition coefficient (Wildman–Crippen LogP) is 4.72. The van der Waals surface area contributed by atoms with Crippen molar-refractivity contribution >= 4 is 27.0 Å². The number of ether oxygens (including phenoxy) is 1. The summed E-state index contributed by atoms with van der Waals surface area (Å²) in [6.45, 7) is 2.58. The maximum atomic E-state index is 13.1. The second-order valence-electron chi connectivity index (χ2n) is 11.2. The van der Waals surface area contributed by atoms with E-state index in [2.05, 4.69) is 10.3 Å².